The van der Waals surface area contributed by atoms with Crippen molar-refractivity contribution in [2.24, 2.45) is 0 Å². The average molecular weight is 705 g/mol. The Hall–Kier alpha value is -3.57. The zero-order valence-electron chi connectivity index (χ0n) is 25.2. The second-order valence-electron chi connectivity index (χ2n) is 8.31. The Morgan fingerprint density at radius 1 is 0.956 bits per heavy atom. The van der Waals surface area contributed by atoms with Gasteiger partial charge in [0, 0.05) is 0 Å². The van der Waals surface area contributed by atoms with Crippen LogP contribution in [-0.4, -0.2) is 75.9 Å². The molecular formula is C27H35Cl2N7O7S2. The van der Waals surface area contributed by atoms with E-state index in [2.05, 4.69) is 30.8 Å². The first-order chi connectivity index (χ1) is 21.4. The number of amides is 2. The van der Waals surface area contributed by atoms with Gasteiger partial charge in [-0.05, 0) is 48.2 Å². The van der Waals surface area contributed by atoms with Crippen LogP contribution in [0, 0.1) is 0 Å². The van der Waals surface area contributed by atoms with Gasteiger partial charge < -0.3 is 15.7 Å². The lowest BCUT2D eigenvalue weighted by Gasteiger charge is -2.19. The summed E-state index contributed by atoms with van der Waals surface area (Å²) >= 11 is 13.3. The van der Waals surface area contributed by atoms with Crippen LogP contribution in [0.5, 0.6) is 0 Å². The molecule has 0 bridgehead atoms. The van der Waals surface area contributed by atoms with Gasteiger partial charge in [-0.1, -0.05) is 75.2 Å². The van der Waals surface area contributed by atoms with E-state index in [1.54, 1.807) is 24.3 Å². The highest BCUT2D eigenvalue weighted by Crippen LogP contribution is 2.36. The fraction of sp³-hybridized carbons (Fsp3) is 0.370. The van der Waals surface area contributed by atoms with Crippen LogP contribution < -0.4 is 15.4 Å². The number of rotatable bonds is 14. The summed E-state index contributed by atoms with van der Waals surface area (Å²) in [5, 5.41) is 26.3. The smallest absolute Gasteiger partial charge is 0.305 e. The van der Waals surface area contributed by atoms with Crippen LogP contribution >= 0.6 is 35.0 Å². The molecule has 1 heterocycles. The molecular weight excluding hydrogens is 669 g/mol. The Morgan fingerprint density at radius 3 is 2.13 bits per heavy atom. The molecule has 0 aliphatic heterocycles. The van der Waals surface area contributed by atoms with Gasteiger partial charge in [-0.3, -0.25) is 19.2 Å². The summed E-state index contributed by atoms with van der Waals surface area (Å²) in [7, 11) is -3.96. The molecule has 18 heteroatoms. The van der Waals surface area contributed by atoms with Gasteiger partial charge in [0.15, 0.2) is 5.78 Å². The summed E-state index contributed by atoms with van der Waals surface area (Å²) in [6.45, 7) is 8.09. The molecule has 0 aliphatic carbocycles. The van der Waals surface area contributed by atoms with Crippen molar-refractivity contribution in [3.63, 3.8) is 0 Å². The summed E-state index contributed by atoms with van der Waals surface area (Å²) in [5.74, 6) is -3.82. The Balaban J connectivity index is 0.00000243. The molecule has 45 heavy (non-hydrogen) atoms. The van der Waals surface area contributed by atoms with Crippen LogP contribution in [-0.2, 0) is 35.7 Å². The third-order valence-corrected chi connectivity index (χ3v) is 8.44. The molecule has 2 unspecified atom stereocenters. The van der Waals surface area contributed by atoms with Crippen molar-refractivity contribution in [1.29, 1.82) is 0 Å². The van der Waals surface area contributed by atoms with E-state index in [0.29, 0.717) is 14.9 Å². The predicted octanol–water partition coefficient (Wildman–Crippen LogP) is 3.20. The molecule has 3 rings (SSSR count). The number of aromatic nitrogens is 4. The summed E-state index contributed by atoms with van der Waals surface area (Å²) in [4.78, 5) is 50.4. The molecule has 0 saturated carbocycles. The number of hydrogen-bond acceptors (Lipinski definition) is 10. The third kappa shape index (κ3) is 13.1. The summed E-state index contributed by atoms with van der Waals surface area (Å²) in [5.41, 5.74) is 0. The molecule has 246 valence electrons. The number of benzene rings is 2. The van der Waals surface area contributed by atoms with E-state index in [1.165, 1.54) is 31.2 Å². The third-order valence-electron chi connectivity index (χ3n) is 5.17. The summed E-state index contributed by atoms with van der Waals surface area (Å²) in [6.07, 6.45) is -0.756. The number of aliphatic carboxylic acids is 1. The topological polar surface area (TPSA) is 202 Å². The maximum absolute atomic E-state index is 12.8. The van der Waals surface area contributed by atoms with Crippen LogP contribution in [0.25, 0.3) is 0 Å². The number of nitrogens with zero attached hydrogens (tertiary/aromatic N) is 4. The lowest BCUT2D eigenvalue weighted by Crippen LogP contribution is -2.52. The maximum atomic E-state index is 12.8. The Morgan fingerprint density at radius 2 is 1.56 bits per heavy atom. The Bertz CT molecular complexity index is 1520. The van der Waals surface area contributed by atoms with Gasteiger partial charge in [0.25, 0.3) is 0 Å². The van der Waals surface area contributed by atoms with E-state index in [0.717, 1.165) is 16.6 Å². The molecule has 0 saturated heterocycles. The average Bonchev–Trinajstić information content (AvgIpc) is 3.46. The zero-order chi connectivity index (χ0) is 34.2. The van der Waals surface area contributed by atoms with E-state index in [4.69, 9.17) is 23.2 Å². The van der Waals surface area contributed by atoms with Crippen molar-refractivity contribution in [3.8, 4) is 0 Å². The first-order valence-electron chi connectivity index (χ1n) is 13.6. The normalized spacial score (nSPS) is 11.9. The number of carbonyl (C=O) groups excluding carboxylic acids is 3. The van der Waals surface area contributed by atoms with Crippen molar-refractivity contribution in [2.45, 2.75) is 74.6 Å². The molecule has 2 amide bonds. The number of sulfonamides is 1. The highest BCUT2D eigenvalue weighted by molar-refractivity contribution is 7.99. The number of carboxylic acids is 1. The number of ketones is 1. The van der Waals surface area contributed by atoms with Gasteiger partial charge in [-0.15, -0.1) is 10.2 Å². The maximum Gasteiger partial charge on any atom is 0.305 e. The second-order valence-corrected chi connectivity index (χ2v) is 11.9. The molecule has 0 fully saturated rings. The van der Waals surface area contributed by atoms with Crippen molar-refractivity contribution >= 4 is 68.6 Å². The monoisotopic (exact) mass is 703 g/mol. The first kappa shape index (κ1) is 39.5. The Kier molecular flexibility index (Phi) is 17.3. The van der Waals surface area contributed by atoms with E-state index in [1.807, 2.05) is 27.7 Å². The quantitative estimate of drug-likeness (QED) is 0.192. The van der Waals surface area contributed by atoms with Gasteiger partial charge in [-0.25, -0.2) is 13.1 Å². The van der Waals surface area contributed by atoms with Crippen molar-refractivity contribution in [3.05, 3.63) is 58.6 Å². The SMILES string of the molecule is CC.CC.CC(NC(=O)CNS(=O)(=O)c1ccccc1)C(=O)NC(CC(=O)O)C(=O)Cn1nnc(Sc2c(Cl)cccc2Cl)n1. The van der Waals surface area contributed by atoms with Gasteiger partial charge >= 0.3 is 5.97 Å². The largest absolute Gasteiger partial charge is 0.481 e. The number of carbonyl (C=O) groups is 4. The molecule has 1 aromatic heterocycles. The van der Waals surface area contributed by atoms with Crippen molar-refractivity contribution in [1.82, 2.24) is 35.6 Å². The fourth-order valence-electron chi connectivity index (χ4n) is 3.18. The molecule has 2 aromatic carbocycles. The molecule has 4 N–H and O–H groups in total. The highest BCUT2D eigenvalue weighted by atomic mass is 35.5. The zero-order valence-corrected chi connectivity index (χ0v) is 28.3. The molecule has 14 nitrogen and oxygen atoms in total. The predicted molar refractivity (Wildman–Crippen MR) is 170 cm³/mol. The molecule has 0 aliphatic rings. The summed E-state index contributed by atoms with van der Waals surface area (Å²) < 4.78 is 26.6. The fourth-order valence-corrected chi connectivity index (χ4v) is 5.53. The molecule has 3 aromatic rings. The van der Waals surface area contributed by atoms with Crippen molar-refractivity contribution < 1.29 is 32.7 Å². The van der Waals surface area contributed by atoms with Crippen LogP contribution in [0.3, 0.4) is 0 Å². The lowest BCUT2D eigenvalue weighted by atomic mass is 10.1. The standard InChI is InChI=1S/C23H23Cl2N7O7S2.2C2H6/c1-13(27-19(34)11-26-41(38,39)14-6-3-2-4-7-14)22(37)28-17(10-20(35)36)18(33)12-32-30-23(29-31-32)40-21-15(24)8-5-9-16(21)25;2*1-2/h2-9,13,17,26H,10-12H2,1H3,(H,27,34)(H,28,37)(H,35,36);2*1-2H3. The van der Waals surface area contributed by atoms with E-state index >= 15 is 0 Å². The molecule has 0 radical (unpaired) electrons. The minimum absolute atomic E-state index is 0.0473. The number of nitrogens with one attached hydrogen (secondary N) is 3. The van der Waals surface area contributed by atoms with Gasteiger partial charge in [0.1, 0.15) is 18.6 Å². The van der Waals surface area contributed by atoms with Crippen LogP contribution in [0.2, 0.25) is 10.0 Å². The van der Waals surface area contributed by atoms with Gasteiger partial charge in [0.2, 0.25) is 27.0 Å². The first-order valence-corrected chi connectivity index (χ1v) is 16.7. The van der Waals surface area contributed by atoms with E-state index in [-0.39, 0.29) is 10.1 Å². The molecule has 2 atom stereocenters. The van der Waals surface area contributed by atoms with E-state index in [9.17, 15) is 32.7 Å². The second kappa shape index (κ2) is 19.7. The minimum Gasteiger partial charge on any atom is -0.481 e. The van der Waals surface area contributed by atoms with Gasteiger partial charge in [0.05, 0.1) is 32.8 Å². The summed E-state index contributed by atoms with van der Waals surface area (Å²) in [6, 6.07) is 9.53. The number of tetrazole rings is 1. The van der Waals surface area contributed by atoms with Crippen LogP contribution in [0.15, 0.2) is 63.5 Å². The highest BCUT2D eigenvalue weighted by Gasteiger charge is 2.27. The number of Topliss-reactive ketones (excluding diaryl/α,β-unsaturated/α-hetero) is 1. The van der Waals surface area contributed by atoms with Gasteiger partial charge in [-0.2, -0.15) is 4.80 Å². The number of hydrogen-bond donors (Lipinski definition) is 4. The Labute approximate surface area is 275 Å². The van der Waals surface area contributed by atoms with Crippen LogP contribution in [0.1, 0.15) is 41.0 Å². The number of halogens is 2. The minimum atomic E-state index is -3.96. The lowest BCUT2D eigenvalue weighted by molar-refractivity contribution is -0.140. The van der Waals surface area contributed by atoms with Crippen LogP contribution in [0.4, 0.5) is 0 Å². The van der Waals surface area contributed by atoms with E-state index < -0.39 is 65.2 Å². The molecule has 0 spiro atoms. The number of carboxylic acid groups (broad SMARTS) is 1. The van der Waals surface area contributed by atoms with Crippen molar-refractivity contribution in [2.75, 3.05) is 6.54 Å².